The van der Waals surface area contributed by atoms with Crippen molar-refractivity contribution in [3.05, 3.63) is 81.9 Å². The molecule has 13 nitrogen and oxygen atoms in total. The van der Waals surface area contributed by atoms with Gasteiger partial charge in [0.05, 0.1) is 17.2 Å². The fourth-order valence-corrected chi connectivity index (χ4v) is 8.81. The summed E-state index contributed by atoms with van der Waals surface area (Å²) in [5, 5.41) is 10.9. The first-order valence-corrected chi connectivity index (χ1v) is 19.0. The monoisotopic (exact) mass is 711 g/mol. The number of carbonyl (C=O) groups is 1. The van der Waals surface area contributed by atoms with Gasteiger partial charge in [-0.3, -0.25) is 13.9 Å². The summed E-state index contributed by atoms with van der Waals surface area (Å²) in [6.45, 7) is 12.5. The number of anilines is 1. The summed E-state index contributed by atoms with van der Waals surface area (Å²) in [4.78, 5) is 18.6. The molecule has 3 N–H and O–H groups in total. The summed E-state index contributed by atoms with van der Waals surface area (Å²) in [6, 6.07) is 7.19. The van der Waals surface area contributed by atoms with Gasteiger partial charge in [-0.2, -0.15) is 16.8 Å². The first-order chi connectivity index (χ1) is 22.7. The van der Waals surface area contributed by atoms with Crippen molar-refractivity contribution in [2.45, 2.75) is 59.2 Å². The number of imidazole rings is 1. The third-order valence-electron chi connectivity index (χ3n) is 9.23. The minimum Gasteiger partial charge on any atom is -0.480 e. The van der Waals surface area contributed by atoms with E-state index in [0.717, 1.165) is 0 Å². The highest BCUT2D eigenvalue weighted by molar-refractivity contribution is 7.86. The Hall–Kier alpha value is -4.31. The molecule has 0 aliphatic carbocycles. The molecule has 0 radical (unpaired) electrons. The van der Waals surface area contributed by atoms with Gasteiger partial charge in [0.1, 0.15) is 41.9 Å². The molecule has 3 aliphatic rings. The Balaban J connectivity index is 1.75. The number of hydrogen-bond donors (Lipinski definition) is 3. The first-order valence-electron chi connectivity index (χ1n) is 15.8. The van der Waals surface area contributed by atoms with Crippen LogP contribution in [-0.2, 0) is 31.6 Å². The van der Waals surface area contributed by atoms with E-state index in [2.05, 4.69) is 14.5 Å². The second kappa shape index (κ2) is 11.6. The molecule has 3 aromatic rings. The summed E-state index contributed by atoms with van der Waals surface area (Å²) < 4.78 is 78.9. The van der Waals surface area contributed by atoms with Crippen LogP contribution in [0.5, 0.6) is 11.5 Å². The SMILES string of the molecule is CCN1c2cc3c(cc2C(CS(=O)(=O)O)=CC1(C)C)C(c1nccn1CC(=O)O)=c1cc2c(cc1O3)=[N+](CC)C(C)(C)C=C2CS(=O)(=O)O. The van der Waals surface area contributed by atoms with Crippen molar-refractivity contribution in [2.75, 3.05) is 29.5 Å². The molecule has 15 heteroatoms. The highest BCUT2D eigenvalue weighted by Crippen LogP contribution is 2.46. The Kier molecular flexibility index (Phi) is 8.21. The minimum atomic E-state index is -4.42. The summed E-state index contributed by atoms with van der Waals surface area (Å²) in [5.74, 6) is -1.22. The summed E-state index contributed by atoms with van der Waals surface area (Å²) in [7, 11) is -8.85. The highest BCUT2D eigenvalue weighted by Gasteiger charge is 2.38. The van der Waals surface area contributed by atoms with E-state index in [0.29, 0.717) is 80.1 Å². The van der Waals surface area contributed by atoms with Crippen LogP contribution in [0.25, 0.3) is 16.7 Å². The van der Waals surface area contributed by atoms with E-state index in [1.807, 2.05) is 65.8 Å². The third-order valence-corrected chi connectivity index (χ3v) is 10.6. The molecular weight excluding hydrogens is 673 g/mol. The average molecular weight is 712 g/mol. The molecule has 2 aromatic carbocycles. The number of fused-ring (bicyclic) bond motifs is 4. The molecule has 3 aliphatic heterocycles. The number of benzene rings is 2. The van der Waals surface area contributed by atoms with Crippen LogP contribution < -0.4 is 24.8 Å². The maximum atomic E-state index is 12.2. The van der Waals surface area contributed by atoms with E-state index in [1.54, 1.807) is 12.1 Å². The molecule has 0 unspecified atom stereocenters. The van der Waals surface area contributed by atoms with Gasteiger partial charge < -0.3 is 19.3 Å². The Morgan fingerprint density at radius 3 is 2.14 bits per heavy atom. The Morgan fingerprint density at radius 2 is 1.55 bits per heavy atom. The standard InChI is InChI=1S/C34H38N4O9S2/c1-7-37-26-13-28-24(11-22(26)20(15-33(37,3)4)18-48(41,42)43)31(32-35-9-10-36(32)17-30(39)40)25-12-23-21(19-49(44,45)46)16-34(5,6)38(8-2)27(23)14-29(25)47-28/h9-16H,7-8,17-19H2,1-6H3,(H2-,39,40,41,42,43,44,45,46)/p+1. The fourth-order valence-electron chi connectivity index (χ4n) is 7.55. The molecule has 49 heavy (non-hydrogen) atoms. The Labute approximate surface area is 284 Å². The lowest BCUT2D eigenvalue weighted by Crippen LogP contribution is -2.50. The smallest absolute Gasteiger partial charge is 0.323 e. The topological polar surface area (TPSA) is 179 Å². The van der Waals surface area contributed by atoms with Crippen molar-refractivity contribution in [3.8, 4) is 11.5 Å². The molecule has 260 valence electrons. The number of aliphatic carboxylic acids is 1. The van der Waals surface area contributed by atoms with Gasteiger partial charge in [0.15, 0.2) is 5.54 Å². The van der Waals surface area contributed by atoms with E-state index in [4.69, 9.17) is 4.74 Å². The average Bonchev–Trinajstić information content (AvgIpc) is 3.39. The number of aromatic nitrogens is 2. The Bertz CT molecular complexity index is 2350. The van der Waals surface area contributed by atoms with Gasteiger partial charge in [0, 0.05) is 66.5 Å². The second-order valence-corrected chi connectivity index (χ2v) is 16.5. The van der Waals surface area contributed by atoms with Crippen LogP contribution in [0.15, 0.2) is 48.8 Å². The quantitative estimate of drug-likeness (QED) is 0.172. The molecule has 0 saturated heterocycles. The maximum absolute atomic E-state index is 12.2. The van der Waals surface area contributed by atoms with Gasteiger partial charge in [-0.05, 0) is 57.0 Å². The summed E-state index contributed by atoms with van der Waals surface area (Å²) in [6.07, 6.45) is 6.64. The van der Waals surface area contributed by atoms with Crippen LogP contribution in [0.1, 0.15) is 64.1 Å². The van der Waals surface area contributed by atoms with Gasteiger partial charge in [-0.1, -0.05) is 6.08 Å². The van der Waals surface area contributed by atoms with Crippen molar-refractivity contribution in [3.63, 3.8) is 0 Å². The molecule has 0 fully saturated rings. The second-order valence-electron chi connectivity index (χ2n) is 13.6. The number of hydrogen-bond acceptors (Lipinski definition) is 8. The van der Waals surface area contributed by atoms with Crippen LogP contribution in [0.4, 0.5) is 5.69 Å². The predicted octanol–water partition coefficient (Wildman–Crippen LogP) is 2.78. The van der Waals surface area contributed by atoms with Crippen LogP contribution in [-0.4, -0.2) is 82.2 Å². The van der Waals surface area contributed by atoms with Crippen molar-refractivity contribution < 1.29 is 40.6 Å². The molecule has 6 rings (SSSR count). The molecule has 0 amide bonds. The minimum absolute atomic E-state index is 0.292. The van der Waals surface area contributed by atoms with Crippen molar-refractivity contribution in [1.29, 1.82) is 0 Å². The lowest BCUT2D eigenvalue weighted by Gasteiger charge is -2.43. The van der Waals surface area contributed by atoms with Crippen LogP contribution >= 0.6 is 0 Å². The van der Waals surface area contributed by atoms with Gasteiger partial charge in [-0.25, -0.2) is 9.56 Å². The molecule has 0 saturated carbocycles. The molecule has 0 bridgehead atoms. The maximum Gasteiger partial charge on any atom is 0.323 e. The number of rotatable bonds is 9. The van der Waals surface area contributed by atoms with Crippen molar-refractivity contribution in [1.82, 2.24) is 14.1 Å². The lowest BCUT2D eigenvalue weighted by atomic mass is 9.85. The fraction of sp³-hybridized carbons (Fsp3) is 0.382. The summed E-state index contributed by atoms with van der Waals surface area (Å²) in [5.41, 5.74) is 2.29. The van der Waals surface area contributed by atoms with Gasteiger partial charge in [0.2, 0.25) is 5.36 Å². The molecule has 0 atom stereocenters. The van der Waals surface area contributed by atoms with E-state index < -0.39 is 55.3 Å². The van der Waals surface area contributed by atoms with E-state index in [1.165, 1.54) is 17.0 Å². The molecular formula is C34H39N4O9S2+. The largest absolute Gasteiger partial charge is 0.480 e. The zero-order valence-electron chi connectivity index (χ0n) is 28.1. The first kappa shape index (κ1) is 34.5. The molecule has 0 spiro atoms. The van der Waals surface area contributed by atoms with Crippen molar-refractivity contribution >= 4 is 48.6 Å². The van der Waals surface area contributed by atoms with Gasteiger partial charge in [-0.15, -0.1) is 0 Å². The normalized spacial score (nSPS) is 17.7. The van der Waals surface area contributed by atoms with Crippen LogP contribution in [0, 0.1) is 0 Å². The van der Waals surface area contributed by atoms with E-state index in [9.17, 15) is 35.8 Å². The van der Waals surface area contributed by atoms with E-state index >= 15 is 0 Å². The number of ether oxygens (including phenoxy) is 1. The lowest BCUT2D eigenvalue weighted by molar-refractivity contribution is -0.137. The Morgan fingerprint density at radius 1 is 0.898 bits per heavy atom. The number of carboxylic acid groups (broad SMARTS) is 1. The highest BCUT2D eigenvalue weighted by atomic mass is 32.2. The summed E-state index contributed by atoms with van der Waals surface area (Å²) >= 11 is 0. The third kappa shape index (κ3) is 6.31. The zero-order valence-corrected chi connectivity index (χ0v) is 29.7. The zero-order chi connectivity index (χ0) is 35.8. The number of likely N-dealkylation sites (N-methyl/N-ethyl adjacent to an activating group) is 2. The number of carboxylic acids is 1. The van der Waals surface area contributed by atoms with E-state index in [-0.39, 0.29) is 0 Å². The molecule has 4 heterocycles. The van der Waals surface area contributed by atoms with Crippen LogP contribution in [0.3, 0.4) is 0 Å². The predicted molar refractivity (Wildman–Crippen MR) is 185 cm³/mol. The van der Waals surface area contributed by atoms with Crippen LogP contribution in [0.2, 0.25) is 0 Å². The number of nitrogens with zero attached hydrogens (tertiary/aromatic N) is 4. The van der Waals surface area contributed by atoms with Gasteiger partial charge in [0.25, 0.3) is 20.2 Å². The molecule has 1 aromatic heterocycles. The van der Waals surface area contributed by atoms with Crippen molar-refractivity contribution in [2.24, 2.45) is 0 Å². The van der Waals surface area contributed by atoms with Gasteiger partial charge >= 0.3 is 5.97 Å².